The fraction of sp³-hybridized carbons (Fsp3) is 1.00. The largest absolute Gasteiger partial charge is 0.311 e. The van der Waals surface area contributed by atoms with Gasteiger partial charge >= 0.3 is 0 Å². The molecule has 0 aromatic rings. The van der Waals surface area contributed by atoms with Gasteiger partial charge < -0.3 is 5.32 Å². The van der Waals surface area contributed by atoms with E-state index in [9.17, 15) is 0 Å². The van der Waals surface area contributed by atoms with Gasteiger partial charge in [0.2, 0.25) is 0 Å². The van der Waals surface area contributed by atoms with Crippen molar-refractivity contribution in [3.8, 4) is 0 Å². The predicted octanol–water partition coefficient (Wildman–Crippen LogP) is 6.03. The Labute approximate surface area is 134 Å². The minimum atomic E-state index is 0.317. The molecule has 126 valence electrons. The van der Waals surface area contributed by atoms with Crippen LogP contribution in [-0.4, -0.2) is 12.1 Å². The standard InChI is InChI=1S/C20H41N/c1-7-10-12-17(13-11-8-2)19-15-21-20(5,6)18(9-3)14-16(19)4/h16-19,21H,7-15H2,1-6H3. The monoisotopic (exact) mass is 295 g/mol. The zero-order chi connectivity index (χ0) is 15.9. The van der Waals surface area contributed by atoms with E-state index in [1.165, 1.54) is 57.9 Å². The lowest BCUT2D eigenvalue weighted by molar-refractivity contribution is 0.199. The highest BCUT2D eigenvalue weighted by Crippen LogP contribution is 2.39. The molecule has 0 bridgehead atoms. The second-order valence-electron chi connectivity index (χ2n) is 8.13. The SMILES string of the molecule is CCCCC(CCCC)C1CNC(C)(C)C(CC)CC1C. The summed E-state index contributed by atoms with van der Waals surface area (Å²) in [5.41, 5.74) is 0.317. The van der Waals surface area contributed by atoms with E-state index in [1.54, 1.807) is 0 Å². The summed E-state index contributed by atoms with van der Waals surface area (Å²) in [5, 5.41) is 3.94. The molecule has 1 fully saturated rings. The minimum absolute atomic E-state index is 0.317. The Hall–Kier alpha value is -0.0400. The van der Waals surface area contributed by atoms with Crippen molar-refractivity contribution < 1.29 is 0 Å². The Morgan fingerprint density at radius 2 is 1.62 bits per heavy atom. The molecule has 1 N–H and O–H groups in total. The van der Waals surface area contributed by atoms with E-state index in [4.69, 9.17) is 0 Å². The minimum Gasteiger partial charge on any atom is -0.311 e. The maximum atomic E-state index is 3.94. The van der Waals surface area contributed by atoms with Gasteiger partial charge in [-0.1, -0.05) is 72.6 Å². The lowest BCUT2D eigenvalue weighted by Gasteiger charge is -2.33. The van der Waals surface area contributed by atoms with E-state index in [0.29, 0.717) is 5.54 Å². The normalized spacial score (nSPS) is 29.6. The molecule has 21 heavy (non-hydrogen) atoms. The Morgan fingerprint density at radius 1 is 1.05 bits per heavy atom. The molecule has 1 rings (SSSR count). The van der Waals surface area contributed by atoms with Crippen molar-refractivity contribution >= 4 is 0 Å². The summed E-state index contributed by atoms with van der Waals surface area (Å²) >= 11 is 0. The number of nitrogens with one attached hydrogen (secondary N) is 1. The van der Waals surface area contributed by atoms with Crippen LogP contribution in [0.3, 0.4) is 0 Å². The molecule has 3 unspecified atom stereocenters. The van der Waals surface area contributed by atoms with Crippen LogP contribution < -0.4 is 5.32 Å². The van der Waals surface area contributed by atoms with Gasteiger partial charge in [0.25, 0.3) is 0 Å². The zero-order valence-corrected chi connectivity index (χ0v) is 15.7. The molecule has 1 nitrogen and oxygen atoms in total. The van der Waals surface area contributed by atoms with Crippen LogP contribution in [0.5, 0.6) is 0 Å². The molecule has 0 radical (unpaired) electrons. The molecule has 0 aliphatic carbocycles. The Kier molecular flexibility index (Phi) is 8.31. The van der Waals surface area contributed by atoms with Crippen molar-refractivity contribution in [1.82, 2.24) is 5.32 Å². The third-order valence-electron chi connectivity index (χ3n) is 6.16. The van der Waals surface area contributed by atoms with Gasteiger partial charge in [-0.25, -0.2) is 0 Å². The molecular formula is C20H41N. The molecular weight excluding hydrogens is 254 g/mol. The highest BCUT2D eigenvalue weighted by atomic mass is 15.0. The third kappa shape index (κ3) is 5.58. The Balaban J connectivity index is 2.76. The first-order valence-corrected chi connectivity index (χ1v) is 9.71. The Morgan fingerprint density at radius 3 is 2.10 bits per heavy atom. The lowest BCUT2D eigenvalue weighted by atomic mass is 9.73. The van der Waals surface area contributed by atoms with E-state index in [1.807, 2.05) is 0 Å². The van der Waals surface area contributed by atoms with Crippen molar-refractivity contribution in [2.45, 2.75) is 98.4 Å². The molecule has 1 saturated heterocycles. The quantitative estimate of drug-likeness (QED) is 0.576. The molecule has 1 heteroatoms. The van der Waals surface area contributed by atoms with Crippen LogP contribution >= 0.6 is 0 Å². The van der Waals surface area contributed by atoms with Crippen LogP contribution in [0, 0.1) is 23.7 Å². The van der Waals surface area contributed by atoms with E-state index in [2.05, 4.69) is 46.9 Å². The lowest BCUT2D eigenvalue weighted by Crippen LogP contribution is -2.46. The van der Waals surface area contributed by atoms with Gasteiger partial charge in [-0.3, -0.25) is 0 Å². The maximum absolute atomic E-state index is 3.94. The van der Waals surface area contributed by atoms with Gasteiger partial charge in [0.05, 0.1) is 0 Å². The predicted molar refractivity (Wildman–Crippen MR) is 95.7 cm³/mol. The van der Waals surface area contributed by atoms with Crippen LogP contribution in [-0.2, 0) is 0 Å². The first-order valence-electron chi connectivity index (χ1n) is 9.71. The van der Waals surface area contributed by atoms with Crippen LogP contribution in [0.2, 0.25) is 0 Å². The zero-order valence-electron chi connectivity index (χ0n) is 15.7. The summed E-state index contributed by atoms with van der Waals surface area (Å²) in [5.74, 6) is 3.54. The van der Waals surface area contributed by atoms with Crippen LogP contribution in [0.1, 0.15) is 92.9 Å². The van der Waals surface area contributed by atoms with Gasteiger partial charge in [-0.2, -0.15) is 0 Å². The van der Waals surface area contributed by atoms with Crippen LogP contribution in [0.15, 0.2) is 0 Å². The van der Waals surface area contributed by atoms with Gasteiger partial charge in [0.1, 0.15) is 0 Å². The average molecular weight is 296 g/mol. The molecule has 0 saturated carbocycles. The molecule has 1 aliphatic rings. The first-order chi connectivity index (χ1) is 9.96. The highest BCUT2D eigenvalue weighted by molar-refractivity contribution is 4.93. The molecule has 0 amide bonds. The second kappa shape index (κ2) is 9.18. The van der Waals surface area contributed by atoms with Crippen molar-refractivity contribution in [2.75, 3.05) is 6.54 Å². The molecule has 0 aromatic heterocycles. The van der Waals surface area contributed by atoms with E-state index in [0.717, 1.165) is 23.7 Å². The summed E-state index contributed by atoms with van der Waals surface area (Å²) in [6.45, 7) is 15.6. The molecule has 1 aliphatic heterocycles. The number of hydrogen-bond donors (Lipinski definition) is 1. The number of rotatable bonds is 8. The highest BCUT2D eigenvalue weighted by Gasteiger charge is 2.37. The molecule has 0 aromatic carbocycles. The van der Waals surface area contributed by atoms with Crippen molar-refractivity contribution in [2.24, 2.45) is 23.7 Å². The van der Waals surface area contributed by atoms with Crippen LogP contribution in [0.25, 0.3) is 0 Å². The van der Waals surface area contributed by atoms with E-state index in [-0.39, 0.29) is 0 Å². The second-order valence-corrected chi connectivity index (χ2v) is 8.13. The van der Waals surface area contributed by atoms with Gasteiger partial charge in [-0.05, 0) is 50.5 Å². The van der Waals surface area contributed by atoms with Crippen LogP contribution in [0.4, 0.5) is 0 Å². The summed E-state index contributed by atoms with van der Waals surface area (Å²) in [6, 6.07) is 0. The summed E-state index contributed by atoms with van der Waals surface area (Å²) in [6.07, 6.45) is 11.1. The van der Waals surface area contributed by atoms with E-state index < -0.39 is 0 Å². The number of unbranched alkanes of at least 4 members (excludes halogenated alkanes) is 2. The summed E-state index contributed by atoms with van der Waals surface area (Å²) in [4.78, 5) is 0. The van der Waals surface area contributed by atoms with Crippen molar-refractivity contribution in [3.05, 3.63) is 0 Å². The van der Waals surface area contributed by atoms with E-state index >= 15 is 0 Å². The van der Waals surface area contributed by atoms with Gasteiger partial charge in [0.15, 0.2) is 0 Å². The maximum Gasteiger partial charge on any atom is 0.0153 e. The van der Waals surface area contributed by atoms with Gasteiger partial charge in [-0.15, -0.1) is 0 Å². The fourth-order valence-electron chi connectivity index (χ4n) is 4.46. The topological polar surface area (TPSA) is 12.0 Å². The number of hydrogen-bond acceptors (Lipinski definition) is 1. The molecule has 3 atom stereocenters. The fourth-order valence-corrected chi connectivity index (χ4v) is 4.46. The summed E-state index contributed by atoms with van der Waals surface area (Å²) < 4.78 is 0. The van der Waals surface area contributed by atoms with Crippen molar-refractivity contribution in [1.29, 1.82) is 0 Å². The third-order valence-corrected chi connectivity index (χ3v) is 6.16. The molecule has 0 spiro atoms. The Bertz CT molecular complexity index is 263. The smallest absolute Gasteiger partial charge is 0.0153 e. The summed E-state index contributed by atoms with van der Waals surface area (Å²) in [7, 11) is 0. The average Bonchev–Trinajstić information content (AvgIpc) is 2.56. The van der Waals surface area contributed by atoms with Gasteiger partial charge in [0, 0.05) is 5.54 Å². The first kappa shape index (κ1) is 19.0. The van der Waals surface area contributed by atoms with Crippen molar-refractivity contribution in [3.63, 3.8) is 0 Å². The molecule has 1 heterocycles.